The zero-order chi connectivity index (χ0) is 12.3. The highest BCUT2D eigenvalue weighted by Crippen LogP contribution is 2.26. The van der Waals surface area contributed by atoms with Crippen LogP contribution in [0.5, 0.6) is 5.75 Å². The van der Waals surface area contributed by atoms with Gasteiger partial charge in [0.2, 0.25) is 0 Å². The highest BCUT2D eigenvalue weighted by atomic mass is 35.5. The maximum Gasteiger partial charge on any atom is 0.160 e. The number of aryl methyl sites for hydroxylation is 1. The molecule has 0 saturated carbocycles. The lowest BCUT2D eigenvalue weighted by Gasteiger charge is -2.07. The quantitative estimate of drug-likeness (QED) is 0.779. The van der Waals surface area contributed by atoms with Crippen LogP contribution in [0.15, 0.2) is 29.6 Å². The van der Waals surface area contributed by atoms with E-state index in [1.807, 2.05) is 36.6 Å². The van der Waals surface area contributed by atoms with E-state index in [2.05, 4.69) is 0 Å². The summed E-state index contributed by atoms with van der Waals surface area (Å²) >= 11 is 7.43. The van der Waals surface area contributed by atoms with Crippen molar-refractivity contribution in [1.82, 2.24) is 0 Å². The van der Waals surface area contributed by atoms with Crippen LogP contribution in [0.4, 0.5) is 0 Å². The predicted octanol–water partition coefficient (Wildman–Crippen LogP) is 4.10. The van der Waals surface area contributed by atoms with Crippen molar-refractivity contribution in [1.29, 1.82) is 0 Å². The molecule has 1 aromatic carbocycles. The van der Waals surface area contributed by atoms with Crippen LogP contribution in [0.3, 0.4) is 0 Å². The van der Waals surface area contributed by atoms with Crippen LogP contribution in [-0.2, 0) is 6.61 Å². The van der Waals surface area contributed by atoms with E-state index in [1.54, 1.807) is 0 Å². The molecule has 0 atom stereocenters. The second-order valence-electron chi connectivity index (χ2n) is 3.70. The summed E-state index contributed by atoms with van der Waals surface area (Å²) in [4.78, 5) is 11.2. The van der Waals surface area contributed by atoms with Gasteiger partial charge in [0.25, 0.3) is 0 Å². The fourth-order valence-electron chi connectivity index (χ4n) is 1.41. The molecule has 2 nitrogen and oxygen atoms in total. The van der Waals surface area contributed by atoms with E-state index < -0.39 is 0 Å². The largest absolute Gasteiger partial charge is 0.487 e. The second-order valence-corrected chi connectivity index (χ2v) is 5.05. The molecule has 0 spiro atoms. The molecule has 0 unspecified atom stereocenters. The van der Waals surface area contributed by atoms with Crippen molar-refractivity contribution in [2.75, 3.05) is 0 Å². The maximum absolute atomic E-state index is 10.5. The highest BCUT2D eigenvalue weighted by Gasteiger charge is 2.04. The van der Waals surface area contributed by atoms with E-state index >= 15 is 0 Å². The lowest BCUT2D eigenvalue weighted by atomic mass is 10.2. The molecule has 1 heterocycles. The molecule has 17 heavy (non-hydrogen) atoms. The summed E-state index contributed by atoms with van der Waals surface area (Å²) in [6.07, 6.45) is 0.841. The van der Waals surface area contributed by atoms with Crippen molar-refractivity contribution < 1.29 is 9.53 Å². The Balaban J connectivity index is 2.06. The minimum absolute atomic E-state index is 0.424. The first kappa shape index (κ1) is 12.1. The molecule has 0 aliphatic heterocycles. The Kier molecular flexibility index (Phi) is 3.82. The van der Waals surface area contributed by atoms with Gasteiger partial charge in [0, 0.05) is 5.56 Å². The molecule has 1 aromatic heterocycles. The van der Waals surface area contributed by atoms with Crippen molar-refractivity contribution in [2.24, 2.45) is 0 Å². The SMILES string of the molecule is Cc1ccc(Cl)c(OCc2csc(C=O)c2)c1. The van der Waals surface area contributed by atoms with Crippen LogP contribution in [0.25, 0.3) is 0 Å². The minimum atomic E-state index is 0.424. The van der Waals surface area contributed by atoms with Gasteiger partial charge in [-0.1, -0.05) is 17.7 Å². The molecule has 4 heteroatoms. The zero-order valence-electron chi connectivity index (χ0n) is 9.27. The molecule has 0 saturated heterocycles. The molecule has 0 fully saturated rings. The van der Waals surface area contributed by atoms with Crippen molar-refractivity contribution in [3.05, 3.63) is 50.7 Å². The summed E-state index contributed by atoms with van der Waals surface area (Å²) < 4.78 is 5.62. The molecule has 0 bridgehead atoms. The van der Waals surface area contributed by atoms with Gasteiger partial charge in [-0.15, -0.1) is 11.3 Å². The number of aldehydes is 1. The number of halogens is 1. The Morgan fingerprint density at radius 2 is 2.24 bits per heavy atom. The number of hydrogen-bond acceptors (Lipinski definition) is 3. The third-order valence-electron chi connectivity index (χ3n) is 2.27. The Bertz CT molecular complexity index is 534. The first-order valence-corrected chi connectivity index (χ1v) is 6.36. The number of carbonyl (C=O) groups excluding carboxylic acids is 1. The van der Waals surface area contributed by atoms with Crippen molar-refractivity contribution in [3.8, 4) is 5.75 Å². The topological polar surface area (TPSA) is 26.3 Å². The third-order valence-corrected chi connectivity index (χ3v) is 3.49. The lowest BCUT2D eigenvalue weighted by molar-refractivity contribution is 0.112. The van der Waals surface area contributed by atoms with E-state index in [4.69, 9.17) is 16.3 Å². The molecule has 2 rings (SSSR count). The van der Waals surface area contributed by atoms with Crippen molar-refractivity contribution >= 4 is 29.2 Å². The average molecular weight is 267 g/mol. The number of hydrogen-bond donors (Lipinski definition) is 0. The normalized spacial score (nSPS) is 10.2. The van der Waals surface area contributed by atoms with Gasteiger partial charge in [0.05, 0.1) is 9.90 Å². The molecular weight excluding hydrogens is 256 g/mol. The summed E-state index contributed by atoms with van der Waals surface area (Å²) in [5, 5.41) is 2.51. The highest BCUT2D eigenvalue weighted by molar-refractivity contribution is 7.11. The second kappa shape index (κ2) is 5.34. The summed E-state index contributed by atoms with van der Waals surface area (Å²) in [6, 6.07) is 7.47. The van der Waals surface area contributed by atoms with E-state index in [9.17, 15) is 4.79 Å². The average Bonchev–Trinajstić information content (AvgIpc) is 2.78. The first-order valence-electron chi connectivity index (χ1n) is 5.10. The van der Waals surface area contributed by atoms with Gasteiger partial charge in [-0.3, -0.25) is 4.79 Å². The van der Waals surface area contributed by atoms with Crippen LogP contribution < -0.4 is 4.74 Å². The molecule has 0 N–H and O–H groups in total. The molecular formula is C13H11ClO2S. The summed E-state index contributed by atoms with van der Waals surface area (Å²) in [5.74, 6) is 0.672. The lowest BCUT2D eigenvalue weighted by Crippen LogP contribution is -1.94. The van der Waals surface area contributed by atoms with Crippen LogP contribution in [-0.4, -0.2) is 6.29 Å². The van der Waals surface area contributed by atoms with Gasteiger partial charge < -0.3 is 4.74 Å². The first-order chi connectivity index (χ1) is 8.19. The van der Waals surface area contributed by atoms with Gasteiger partial charge >= 0.3 is 0 Å². The zero-order valence-corrected chi connectivity index (χ0v) is 10.8. The predicted molar refractivity (Wildman–Crippen MR) is 70.2 cm³/mol. The van der Waals surface area contributed by atoms with Crippen LogP contribution in [0, 0.1) is 6.92 Å². The van der Waals surface area contributed by atoms with Gasteiger partial charge in [-0.05, 0) is 36.1 Å². The van der Waals surface area contributed by atoms with Gasteiger partial charge in [0.15, 0.2) is 6.29 Å². The molecule has 0 aliphatic carbocycles. The Morgan fingerprint density at radius 1 is 1.41 bits per heavy atom. The Labute approximate surface area is 109 Å². The van der Waals surface area contributed by atoms with E-state index in [-0.39, 0.29) is 0 Å². The number of carbonyl (C=O) groups is 1. The number of rotatable bonds is 4. The van der Waals surface area contributed by atoms with E-state index in [0.29, 0.717) is 22.3 Å². The van der Waals surface area contributed by atoms with E-state index in [0.717, 1.165) is 17.4 Å². The Morgan fingerprint density at radius 3 is 2.94 bits per heavy atom. The summed E-state index contributed by atoms with van der Waals surface area (Å²) in [7, 11) is 0. The van der Waals surface area contributed by atoms with Gasteiger partial charge in [-0.2, -0.15) is 0 Å². The number of benzene rings is 1. The van der Waals surface area contributed by atoms with Crippen molar-refractivity contribution in [2.45, 2.75) is 13.5 Å². The standard InChI is InChI=1S/C13H11ClO2S/c1-9-2-3-12(14)13(4-9)16-7-10-5-11(6-15)17-8-10/h2-6,8H,7H2,1H3. The number of ether oxygens (including phenoxy) is 1. The fourth-order valence-corrected chi connectivity index (χ4v) is 2.28. The molecule has 2 aromatic rings. The molecule has 0 amide bonds. The van der Waals surface area contributed by atoms with Crippen molar-refractivity contribution in [3.63, 3.8) is 0 Å². The van der Waals surface area contributed by atoms with Gasteiger partial charge in [-0.25, -0.2) is 0 Å². The van der Waals surface area contributed by atoms with Gasteiger partial charge in [0.1, 0.15) is 12.4 Å². The van der Waals surface area contributed by atoms with Crippen LogP contribution in [0.1, 0.15) is 20.8 Å². The van der Waals surface area contributed by atoms with Crippen LogP contribution in [0.2, 0.25) is 5.02 Å². The monoisotopic (exact) mass is 266 g/mol. The fraction of sp³-hybridized carbons (Fsp3) is 0.154. The maximum atomic E-state index is 10.5. The molecule has 0 radical (unpaired) electrons. The van der Waals surface area contributed by atoms with E-state index in [1.165, 1.54) is 11.3 Å². The number of thiophene rings is 1. The summed E-state index contributed by atoms with van der Waals surface area (Å²) in [6.45, 7) is 2.41. The van der Waals surface area contributed by atoms with Crippen LogP contribution >= 0.6 is 22.9 Å². The molecule has 0 aliphatic rings. The summed E-state index contributed by atoms with van der Waals surface area (Å²) in [5.41, 5.74) is 2.08. The molecule has 88 valence electrons. The third kappa shape index (κ3) is 3.08. The smallest absolute Gasteiger partial charge is 0.160 e. The Hall–Kier alpha value is -1.32. The minimum Gasteiger partial charge on any atom is -0.487 e.